The van der Waals surface area contributed by atoms with Crippen molar-refractivity contribution in [2.45, 2.75) is 37.9 Å². The van der Waals surface area contributed by atoms with Crippen molar-refractivity contribution in [1.82, 2.24) is 5.32 Å². The number of ether oxygens (including phenoxy) is 2. The van der Waals surface area contributed by atoms with Crippen molar-refractivity contribution in [1.29, 1.82) is 0 Å². The van der Waals surface area contributed by atoms with Gasteiger partial charge in [-0.1, -0.05) is 18.2 Å². The third kappa shape index (κ3) is 1.75. The first-order valence-corrected chi connectivity index (χ1v) is 5.01. The van der Waals surface area contributed by atoms with Gasteiger partial charge in [0.2, 0.25) is 0 Å². The average molecular weight is 195 g/mol. The normalized spacial score (nSPS) is 38.6. The Bertz CT molecular complexity index is 260. The van der Waals surface area contributed by atoms with Crippen molar-refractivity contribution in [3.63, 3.8) is 0 Å². The summed E-state index contributed by atoms with van der Waals surface area (Å²) >= 11 is 0. The highest BCUT2D eigenvalue weighted by Crippen LogP contribution is 2.34. The molecule has 1 aliphatic heterocycles. The molecule has 0 aromatic carbocycles. The summed E-state index contributed by atoms with van der Waals surface area (Å²) in [4.78, 5) is 0. The van der Waals surface area contributed by atoms with Crippen LogP contribution >= 0.6 is 0 Å². The van der Waals surface area contributed by atoms with Crippen LogP contribution in [0.1, 0.15) is 13.8 Å². The Labute approximate surface area is 84.8 Å². The third-order valence-corrected chi connectivity index (χ3v) is 2.52. The van der Waals surface area contributed by atoms with Crippen molar-refractivity contribution < 1.29 is 9.47 Å². The summed E-state index contributed by atoms with van der Waals surface area (Å²) in [6, 6.07) is 0.250. The Hall–Kier alpha value is -0.640. The second-order valence-electron chi connectivity index (χ2n) is 4.17. The molecule has 0 saturated carbocycles. The molecule has 0 bridgehead atoms. The Morgan fingerprint density at radius 2 is 2.21 bits per heavy atom. The molecule has 0 radical (unpaired) electrons. The van der Waals surface area contributed by atoms with Crippen LogP contribution in [0.25, 0.3) is 0 Å². The fourth-order valence-corrected chi connectivity index (χ4v) is 1.99. The first-order valence-electron chi connectivity index (χ1n) is 5.01. The SMILES string of the molecule is C=CCN[C@H]1C=C[C@@H]2OC(C)(C)O[C@H]12. The highest BCUT2D eigenvalue weighted by Gasteiger charge is 2.45. The third-order valence-electron chi connectivity index (χ3n) is 2.52. The summed E-state index contributed by atoms with van der Waals surface area (Å²) < 4.78 is 11.5. The van der Waals surface area contributed by atoms with Gasteiger partial charge in [-0.05, 0) is 13.8 Å². The van der Waals surface area contributed by atoms with Crippen molar-refractivity contribution >= 4 is 0 Å². The Balaban J connectivity index is 1.98. The van der Waals surface area contributed by atoms with E-state index in [1.54, 1.807) is 0 Å². The smallest absolute Gasteiger partial charge is 0.164 e. The first kappa shape index (κ1) is 9.90. The van der Waals surface area contributed by atoms with Crippen LogP contribution in [0.5, 0.6) is 0 Å². The predicted octanol–water partition coefficient (Wildman–Crippen LogP) is 1.22. The van der Waals surface area contributed by atoms with Crippen LogP contribution in [-0.2, 0) is 9.47 Å². The molecule has 1 fully saturated rings. The van der Waals surface area contributed by atoms with Gasteiger partial charge in [0, 0.05) is 6.54 Å². The zero-order chi connectivity index (χ0) is 10.2. The molecule has 0 aromatic rings. The van der Waals surface area contributed by atoms with Gasteiger partial charge in [-0.25, -0.2) is 0 Å². The first-order chi connectivity index (χ1) is 6.62. The topological polar surface area (TPSA) is 30.5 Å². The lowest BCUT2D eigenvalue weighted by Gasteiger charge is -2.21. The Morgan fingerprint density at radius 3 is 2.93 bits per heavy atom. The molecule has 14 heavy (non-hydrogen) atoms. The van der Waals surface area contributed by atoms with Crippen molar-refractivity contribution in [2.75, 3.05) is 6.54 Å². The summed E-state index contributed by atoms with van der Waals surface area (Å²) in [5, 5.41) is 3.33. The molecule has 0 amide bonds. The summed E-state index contributed by atoms with van der Waals surface area (Å²) in [7, 11) is 0. The van der Waals surface area contributed by atoms with Crippen LogP contribution in [0.15, 0.2) is 24.8 Å². The summed E-state index contributed by atoms with van der Waals surface area (Å²) in [5.74, 6) is -0.450. The molecule has 0 aromatic heterocycles. The van der Waals surface area contributed by atoms with E-state index in [-0.39, 0.29) is 18.2 Å². The van der Waals surface area contributed by atoms with Crippen molar-refractivity contribution in [3.05, 3.63) is 24.8 Å². The van der Waals surface area contributed by atoms with Crippen LogP contribution < -0.4 is 5.32 Å². The lowest BCUT2D eigenvalue weighted by molar-refractivity contribution is -0.145. The highest BCUT2D eigenvalue weighted by molar-refractivity contribution is 5.16. The monoisotopic (exact) mass is 195 g/mol. The van der Waals surface area contributed by atoms with Gasteiger partial charge >= 0.3 is 0 Å². The van der Waals surface area contributed by atoms with Gasteiger partial charge in [0.1, 0.15) is 12.2 Å². The predicted molar refractivity (Wildman–Crippen MR) is 55.0 cm³/mol. The molecule has 0 unspecified atom stereocenters. The van der Waals surface area contributed by atoms with E-state index in [0.717, 1.165) is 6.54 Å². The van der Waals surface area contributed by atoms with Gasteiger partial charge in [0.05, 0.1) is 6.04 Å². The van der Waals surface area contributed by atoms with Gasteiger partial charge < -0.3 is 14.8 Å². The Kier molecular flexibility index (Phi) is 2.47. The highest BCUT2D eigenvalue weighted by atomic mass is 16.8. The van der Waals surface area contributed by atoms with E-state index in [9.17, 15) is 0 Å². The minimum Gasteiger partial charge on any atom is -0.342 e. The van der Waals surface area contributed by atoms with E-state index >= 15 is 0 Å². The van der Waals surface area contributed by atoms with E-state index < -0.39 is 5.79 Å². The van der Waals surface area contributed by atoms with Gasteiger partial charge in [0.25, 0.3) is 0 Å². The molecule has 1 saturated heterocycles. The molecule has 0 spiro atoms. The van der Waals surface area contributed by atoms with Crippen LogP contribution in [0.3, 0.4) is 0 Å². The van der Waals surface area contributed by atoms with Crippen LogP contribution in [0, 0.1) is 0 Å². The van der Waals surface area contributed by atoms with Gasteiger partial charge in [0.15, 0.2) is 5.79 Å². The molecular weight excluding hydrogens is 178 g/mol. The van der Waals surface area contributed by atoms with E-state index in [4.69, 9.17) is 9.47 Å². The minimum atomic E-state index is -0.450. The number of fused-ring (bicyclic) bond motifs is 1. The summed E-state index contributed by atoms with van der Waals surface area (Å²) in [6.45, 7) is 8.37. The zero-order valence-corrected chi connectivity index (χ0v) is 8.69. The van der Waals surface area contributed by atoms with Crippen LogP contribution in [0.4, 0.5) is 0 Å². The molecule has 3 nitrogen and oxygen atoms in total. The maximum Gasteiger partial charge on any atom is 0.164 e. The molecule has 1 aliphatic carbocycles. The Morgan fingerprint density at radius 1 is 1.43 bits per heavy atom. The fraction of sp³-hybridized carbons (Fsp3) is 0.636. The van der Waals surface area contributed by atoms with Gasteiger partial charge in [-0.15, -0.1) is 6.58 Å². The maximum atomic E-state index is 5.80. The molecule has 78 valence electrons. The molecule has 2 aliphatic rings. The molecule has 1 N–H and O–H groups in total. The van der Waals surface area contributed by atoms with E-state index in [2.05, 4.69) is 24.0 Å². The van der Waals surface area contributed by atoms with Crippen LogP contribution in [-0.4, -0.2) is 30.6 Å². The standard InChI is InChI=1S/C11H17NO2/c1-4-7-12-8-5-6-9-10(8)14-11(2,3)13-9/h4-6,8-10,12H,1,7H2,2-3H3/t8-,9-,10+/m0/s1. The van der Waals surface area contributed by atoms with E-state index in [1.165, 1.54) is 0 Å². The molecule has 2 rings (SSSR count). The molecular formula is C11H17NO2. The van der Waals surface area contributed by atoms with Crippen molar-refractivity contribution in [3.8, 4) is 0 Å². The summed E-state index contributed by atoms with van der Waals surface area (Å²) in [5.41, 5.74) is 0. The van der Waals surface area contributed by atoms with E-state index in [0.29, 0.717) is 0 Å². The quantitative estimate of drug-likeness (QED) is 0.687. The molecule has 3 atom stereocenters. The second kappa shape index (κ2) is 3.50. The maximum absolute atomic E-state index is 5.80. The summed E-state index contributed by atoms with van der Waals surface area (Å²) in [6.07, 6.45) is 6.24. The number of nitrogens with one attached hydrogen (secondary N) is 1. The lowest BCUT2D eigenvalue weighted by atomic mass is 10.2. The minimum absolute atomic E-state index is 0.104. The number of hydrogen-bond acceptors (Lipinski definition) is 3. The van der Waals surface area contributed by atoms with Gasteiger partial charge in [-0.3, -0.25) is 0 Å². The second-order valence-corrected chi connectivity index (χ2v) is 4.17. The molecule has 1 heterocycles. The largest absolute Gasteiger partial charge is 0.342 e. The molecule has 3 heteroatoms. The van der Waals surface area contributed by atoms with E-state index in [1.807, 2.05) is 19.9 Å². The van der Waals surface area contributed by atoms with Crippen LogP contribution in [0.2, 0.25) is 0 Å². The number of rotatable bonds is 3. The zero-order valence-electron chi connectivity index (χ0n) is 8.69. The average Bonchev–Trinajstić information content (AvgIpc) is 2.57. The fourth-order valence-electron chi connectivity index (χ4n) is 1.99. The number of hydrogen-bond donors (Lipinski definition) is 1. The van der Waals surface area contributed by atoms with Crippen molar-refractivity contribution in [2.24, 2.45) is 0 Å². The lowest BCUT2D eigenvalue weighted by Crippen LogP contribution is -2.40. The van der Waals surface area contributed by atoms with Gasteiger partial charge in [-0.2, -0.15) is 0 Å².